The van der Waals surface area contributed by atoms with Crippen molar-refractivity contribution in [3.8, 4) is 0 Å². The Kier molecular flexibility index (Phi) is 6.35. The Labute approximate surface area is 195 Å². The van der Waals surface area contributed by atoms with Crippen molar-refractivity contribution in [1.29, 1.82) is 0 Å². The normalized spacial score (nSPS) is 17.4. The van der Waals surface area contributed by atoms with Crippen molar-refractivity contribution in [2.45, 2.75) is 37.5 Å². The molecule has 1 atom stereocenters. The van der Waals surface area contributed by atoms with Gasteiger partial charge >= 0.3 is 0 Å². The summed E-state index contributed by atoms with van der Waals surface area (Å²) in [5, 5.41) is 16.7. The van der Waals surface area contributed by atoms with E-state index in [4.69, 9.17) is 11.6 Å². The van der Waals surface area contributed by atoms with Crippen LogP contribution in [0.3, 0.4) is 0 Å². The Hall–Kier alpha value is -2.34. The predicted octanol–water partition coefficient (Wildman–Crippen LogP) is 3.36. The van der Waals surface area contributed by atoms with Crippen LogP contribution in [0.2, 0.25) is 5.02 Å². The number of anilines is 1. The van der Waals surface area contributed by atoms with Gasteiger partial charge < -0.3 is 5.32 Å². The van der Waals surface area contributed by atoms with Crippen LogP contribution in [0.25, 0.3) is 0 Å². The van der Waals surface area contributed by atoms with Gasteiger partial charge in [0.25, 0.3) is 5.91 Å². The fourth-order valence-electron chi connectivity index (χ4n) is 3.83. The van der Waals surface area contributed by atoms with Crippen LogP contribution in [0.5, 0.6) is 0 Å². The monoisotopic (exact) mass is 494 g/mol. The van der Waals surface area contributed by atoms with Crippen molar-refractivity contribution in [2.75, 3.05) is 18.4 Å². The number of piperidine rings is 1. The Morgan fingerprint density at radius 1 is 1.22 bits per heavy atom. The number of nitrogens with zero attached hydrogens (tertiary/aromatic N) is 5. The maximum absolute atomic E-state index is 13.3. The minimum Gasteiger partial charge on any atom is -0.320 e. The summed E-state index contributed by atoms with van der Waals surface area (Å²) in [6.07, 6.45) is 1.48. The van der Waals surface area contributed by atoms with Crippen molar-refractivity contribution in [1.82, 2.24) is 24.3 Å². The largest absolute Gasteiger partial charge is 0.320 e. The molecule has 2 aromatic heterocycles. The second kappa shape index (κ2) is 8.89. The SMILES string of the molecule is Cc1nn(C)c(C)c1S(=O)(=O)N1CCCC(c2nnc(C(=O)Nc3ccc(Cl)cc3)s2)C1. The smallest absolute Gasteiger partial charge is 0.286 e. The first kappa shape index (κ1) is 22.8. The van der Waals surface area contributed by atoms with Gasteiger partial charge in [0.15, 0.2) is 0 Å². The fraction of sp³-hybridized carbons (Fsp3) is 0.400. The molecule has 1 amide bonds. The quantitative estimate of drug-likeness (QED) is 0.582. The molecule has 12 heteroatoms. The van der Waals surface area contributed by atoms with E-state index in [1.54, 1.807) is 49.8 Å². The molecule has 170 valence electrons. The first-order chi connectivity index (χ1) is 15.2. The zero-order valence-corrected chi connectivity index (χ0v) is 20.3. The molecule has 1 unspecified atom stereocenters. The minimum atomic E-state index is -3.68. The van der Waals surface area contributed by atoms with E-state index in [1.807, 2.05) is 0 Å². The summed E-state index contributed by atoms with van der Waals surface area (Å²) >= 11 is 7.06. The molecule has 1 aromatic carbocycles. The number of halogens is 1. The van der Waals surface area contributed by atoms with Crippen LogP contribution in [-0.2, 0) is 17.1 Å². The molecular weight excluding hydrogens is 472 g/mol. The summed E-state index contributed by atoms with van der Waals surface area (Å²) < 4.78 is 29.7. The van der Waals surface area contributed by atoms with Crippen LogP contribution in [-0.4, -0.2) is 51.7 Å². The minimum absolute atomic E-state index is 0.120. The summed E-state index contributed by atoms with van der Waals surface area (Å²) in [6, 6.07) is 6.78. The van der Waals surface area contributed by atoms with Crippen molar-refractivity contribution in [2.24, 2.45) is 7.05 Å². The highest BCUT2D eigenvalue weighted by Gasteiger charge is 2.35. The van der Waals surface area contributed by atoms with Gasteiger partial charge in [-0.25, -0.2) is 8.42 Å². The first-order valence-electron chi connectivity index (χ1n) is 10.1. The Morgan fingerprint density at radius 3 is 2.59 bits per heavy atom. The molecule has 1 N–H and O–H groups in total. The van der Waals surface area contributed by atoms with Crippen LogP contribution >= 0.6 is 22.9 Å². The van der Waals surface area contributed by atoms with Crippen LogP contribution in [0.15, 0.2) is 29.2 Å². The number of nitrogens with one attached hydrogen (secondary N) is 1. The molecule has 1 aliphatic heterocycles. The van der Waals surface area contributed by atoms with Crippen LogP contribution < -0.4 is 5.32 Å². The zero-order chi connectivity index (χ0) is 23.0. The lowest BCUT2D eigenvalue weighted by molar-refractivity contribution is 0.102. The summed E-state index contributed by atoms with van der Waals surface area (Å²) in [5.74, 6) is -0.483. The highest BCUT2D eigenvalue weighted by atomic mass is 35.5. The molecule has 3 aromatic rings. The number of rotatable bonds is 5. The molecule has 0 bridgehead atoms. The molecule has 1 aliphatic rings. The van der Waals surface area contributed by atoms with Gasteiger partial charge in [0, 0.05) is 36.8 Å². The van der Waals surface area contributed by atoms with E-state index in [-0.39, 0.29) is 21.7 Å². The number of benzene rings is 1. The average molecular weight is 495 g/mol. The van der Waals surface area contributed by atoms with E-state index in [9.17, 15) is 13.2 Å². The van der Waals surface area contributed by atoms with Crippen LogP contribution in [0.4, 0.5) is 5.69 Å². The standard InChI is InChI=1S/C20H23ClN6O3S2/c1-12-17(13(2)26(3)25-12)32(29,30)27-10-4-5-14(11-27)19-23-24-20(31-19)18(28)22-16-8-6-15(21)7-9-16/h6-9,14H,4-5,10-11H2,1-3H3,(H,22,28). The van der Waals surface area contributed by atoms with Gasteiger partial charge in [-0.3, -0.25) is 9.48 Å². The predicted molar refractivity (Wildman–Crippen MR) is 123 cm³/mol. The number of hydrogen-bond acceptors (Lipinski definition) is 7. The van der Waals surface area contributed by atoms with Gasteiger partial charge in [-0.2, -0.15) is 9.40 Å². The van der Waals surface area contributed by atoms with Gasteiger partial charge in [0.05, 0.1) is 11.4 Å². The van der Waals surface area contributed by atoms with Gasteiger partial charge in [-0.05, 0) is 51.0 Å². The molecule has 0 radical (unpaired) electrons. The third-order valence-electron chi connectivity index (χ3n) is 5.51. The number of amides is 1. The maximum Gasteiger partial charge on any atom is 0.286 e. The van der Waals surface area contributed by atoms with Gasteiger partial charge in [0.1, 0.15) is 9.90 Å². The highest BCUT2D eigenvalue weighted by Crippen LogP contribution is 2.33. The lowest BCUT2D eigenvalue weighted by atomic mass is 10.0. The summed E-state index contributed by atoms with van der Waals surface area (Å²) in [4.78, 5) is 12.8. The molecule has 0 saturated carbocycles. The number of hydrogen-bond donors (Lipinski definition) is 1. The molecule has 1 saturated heterocycles. The zero-order valence-electron chi connectivity index (χ0n) is 17.9. The number of sulfonamides is 1. The van der Waals surface area contributed by atoms with E-state index in [0.29, 0.717) is 46.6 Å². The number of carbonyl (C=O) groups excluding carboxylic acids is 1. The van der Waals surface area contributed by atoms with Crippen LogP contribution in [0.1, 0.15) is 45.0 Å². The number of carbonyl (C=O) groups is 1. The van der Waals surface area contributed by atoms with Gasteiger partial charge in [-0.1, -0.05) is 22.9 Å². The van der Waals surface area contributed by atoms with Gasteiger partial charge in [0.2, 0.25) is 15.0 Å². The second-order valence-electron chi connectivity index (χ2n) is 7.73. The maximum atomic E-state index is 13.3. The van der Waals surface area contributed by atoms with E-state index in [2.05, 4.69) is 20.6 Å². The van der Waals surface area contributed by atoms with Crippen molar-refractivity contribution in [3.05, 3.63) is 50.7 Å². The Bertz CT molecular complexity index is 1250. The topological polar surface area (TPSA) is 110 Å². The molecule has 0 spiro atoms. The summed E-state index contributed by atoms with van der Waals surface area (Å²) in [7, 11) is -1.95. The number of aromatic nitrogens is 4. The molecule has 1 fully saturated rings. The first-order valence-corrected chi connectivity index (χ1v) is 12.7. The lowest BCUT2D eigenvalue weighted by Crippen LogP contribution is -2.39. The fourth-order valence-corrected chi connectivity index (χ4v) is 6.74. The van der Waals surface area contributed by atoms with E-state index in [0.717, 1.165) is 6.42 Å². The Balaban J connectivity index is 1.50. The molecule has 9 nitrogen and oxygen atoms in total. The van der Waals surface area contributed by atoms with Gasteiger partial charge in [-0.15, -0.1) is 10.2 Å². The molecule has 4 rings (SSSR count). The molecular formula is C20H23ClN6O3S2. The number of aryl methyl sites for hydroxylation is 2. The summed E-state index contributed by atoms with van der Waals surface area (Å²) in [6.45, 7) is 4.20. The van der Waals surface area contributed by atoms with E-state index < -0.39 is 10.0 Å². The lowest BCUT2D eigenvalue weighted by Gasteiger charge is -2.30. The average Bonchev–Trinajstić information content (AvgIpc) is 3.35. The highest BCUT2D eigenvalue weighted by molar-refractivity contribution is 7.89. The van der Waals surface area contributed by atoms with Crippen molar-refractivity contribution >= 4 is 44.6 Å². The summed E-state index contributed by atoms with van der Waals surface area (Å²) in [5.41, 5.74) is 1.71. The molecule has 3 heterocycles. The Morgan fingerprint density at radius 2 is 1.94 bits per heavy atom. The third-order valence-corrected chi connectivity index (χ3v) is 8.97. The van der Waals surface area contributed by atoms with E-state index >= 15 is 0 Å². The molecule has 0 aliphatic carbocycles. The third kappa shape index (κ3) is 4.42. The molecule has 32 heavy (non-hydrogen) atoms. The second-order valence-corrected chi connectivity index (χ2v) is 11.1. The van der Waals surface area contributed by atoms with Crippen molar-refractivity contribution in [3.63, 3.8) is 0 Å². The van der Waals surface area contributed by atoms with E-state index in [1.165, 1.54) is 15.6 Å². The van der Waals surface area contributed by atoms with Crippen molar-refractivity contribution < 1.29 is 13.2 Å². The van der Waals surface area contributed by atoms with Crippen LogP contribution in [0, 0.1) is 13.8 Å².